The fourth-order valence-corrected chi connectivity index (χ4v) is 2.75. The van der Waals surface area contributed by atoms with E-state index in [4.69, 9.17) is 4.74 Å². The molecule has 0 bridgehead atoms. The van der Waals surface area contributed by atoms with Crippen LogP contribution in [0.4, 0.5) is 29.3 Å². The zero-order valence-electron chi connectivity index (χ0n) is 14.8. The van der Waals surface area contributed by atoms with Crippen molar-refractivity contribution in [3.05, 3.63) is 33.9 Å². The van der Waals surface area contributed by atoms with Gasteiger partial charge in [0, 0.05) is 45.4 Å². The van der Waals surface area contributed by atoms with Crippen LogP contribution < -0.4 is 10.2 Å². The maximum absolute atomic E-state index is 12.8. The predicted octanol–water partition coefficient (Wildman–Crippen LogP) is 2.48. The number of rotatable bonds is 6. The van der Waals surface area contributed by atoms with Gasteiger partial charge < -0.3 is 19.9 Å². The van der Waals surface area contributed by atoms with Gasteiger partial charge in [-0.15, -0.1) is 0 Å². The predicted molar refractivity (Wildman–Crippen MR) is 91.8 cm³/mol. The number of urea groups is 1. The molecular weight excluding hydrogens is 369 g/mol. The molecule has 150 valence electrons. The van der Waals surface area contributed by atoms with E-state index in [1.807, 2.05) is 6.92 Å². The minimum absolute atomic E-state index is 0.115. The molecule has 1 saturated heterocycles. The molecule has 0 spiro atoms. The lowest BCUT2D eigenvalue weighted by atomic mass is 10.1. The van der Waals surface area contributed by atoms with E-state index in [9.17, 15) is 28.1 Å². The van der Waals surface area contributed by atoms with Crippen molar-refractivity contribution < 1.29 is 27.6 Å². The average molecular weight is 390 g/mol. The van der Waals surface area contributed by atoms with E-state index < -0.39 is 22.4 Å². The second kappa shape index (κ2) is 8.89. The largest absolute Gasteiger partial charge is 0.416 e. The summed E-state index contributed by atoms with van der Waals surface area (Å²) in [6.45, 7) is 4.35. The Bertz CT molecular complexity index is 676. The number of carbonyl (C=O) groups excluding carboxylic acids is 1. The molecule has 0 saturated carbocycles. The number of halogens is 3. The molecule has 2 amide bonds. The summed E-state index contributed by atoms with van der Waals surface area (Å²) < 4.78 is 43.5. The smallest absolute Gasteiger partial charge is 0.380 e. The van der Waals surface area contributed by atoms with Gasteiger partial charge in [0.1, 0.15) is 5.69 Å². The molecule has 1 aliphatic heterocycles. The lowest BCUT2D eigenvalue weighted by Gasteiger charge is -2.35. The number of nitro groups is 1. The van der Waals surface area contributed by atoms with Crippen molar-refractivity contribution in [2.45, 2.75) is 13.1 Å². The van der Waals surface area contributed by atoms with E-state index in [2.05, 4.69) is 5.32 Å². The molecule has 0 unspecified atom stereocenters. The Hall–Kier alpha value is -2.56. The Morgan fingerprint density at radius 3 is 2.52 bits per heavy atom. The maximum Gasteiger partial charge on any atom is 0.416 e. The number of nitro benzene ring substituents is 1. The first-order valence-corrected chi connectivity index (χ1v) is 8.45. The van der Waals surface area contributed by atoms with Gasteiger partial charge in [-0.25, -0.2) is 4.79 Å². The highest BCUT2D eigenvalue weighted by molar-refractivity contribution is 5.75. The molecule has 0 radical (unpaired) electrons. The highest BCUT2D eigenvalue weighted by atomic mass is 19.4. The number of carbonyl (C=O) groups is 1. The Morgan fingerprint density at radius 1 is 1.30 bits per heavy atom. The third-order valence-corrected chi connectivity index (χ3v) is 4.13. The summed E-state index contributed by atoms with van der Waals surface area (Å²) in [6, 6.07) is 2.21. The van der Waals surface area contributed by atoms with E-state index in [-0.39, 0.29) is 24.8 Å². The highest BCUT2D eigenvalue weighted by Crippen LogP contribution is 2.36. The zero-order chi connectivity index (χ0) is 20.0. The molecule has 11 heteroatoms. The highest BCUT2D eigenvalue weighted by Gasteiger charge is 2.34. The lowest BCUT2D eigenvalue weighted by Crippen LogP contribution is -2.52. The van der Waals surface area contributed by atoms with Gasteiger partial charge in [0.2, 0.25) is 0 Å². The van der Waals surface area contributed by atoms with E-state index in [0.29, 0.717) is 38.9 Å². The summed E-state index contributed by atoms with van der Waals surface area (Å²) >= 11 is 0. The zero-order valence-corrected chi connectivity index (χ0v) is 14.8. The minimum atomic E-state index is -4.65. The fourth-order valence-electron chi connectivity index (χ4n) is 2.75. The van der Waals surface area contributed by atoms with Crippen LogP contribution >= 0.6 is 0 Å². The molecule has 1 N–H and O–H groups in total. The van der Waals surface area contributed by atoms with Crippen LogP contribution in [0.25, 0.3) is 0 Å². The molecule has 0 aliphatic carbocycles. The Morgan fingerprint density at radius 2 is 1.96 bits per heavy atom. The second-order valence-electron chi connectivity index (χ2n) is 5.86. The number of ether oxygens (including phenoxy) is 1. The third kappa shape index (κ3) is 5.46. The van der Waals surface area contributed by atoms with Crippen molar-refractivity contribution in [2.75, 3.05) is 50.8 Å². The van der Waals surface area contributed by atoms with Crippen LogP contribution in [0.2, 0.25) is 0 Å². The van der Waals surface area contributed by atoms with Crippen LogP contribution in [0, 0.1) is 10.1 Å². The van der Waals surface area contributed by atoms with Gasteiger partial charge in [-0.3, -0.25) is 10.1 Å². The summed E-state index contributed by atoms with van der Waals surface area (Å²) in [5.41, 5.74) is -1.55. The Balaban J connectivity index is 2.01. The summed E-state index contributed by atoms with van der Waals surface area (Å²) in [4.78, 5) is 25.6. The molecule has 1 fully saturated rings. The van der Waals surface area contributed by atoms with Gasteiger partial charge in [-0.1, -0.05) is 0 Å². The topological polar surface area (TPSA) is 88.0 Å². The number of hydrogen-bond donors (Lipinski definition) is 1. The summed E-state index contributed by atoms with van der Waals surface area (Å²) in [6.07, 6.45) is -4.65. The summed E-state index contributed by atoms with van der Waals surface area (Å²) in [7, 11) is 0. The minimum Gasteiger partial charge on any atom is -0.380 e. The molecular formula is C16H21F3N4O4. The molecule has 0 atom stereocenters. The van der Waals surface area contributed by atoms with Gasteiger partial charge in [0.15, 0.2) is 0 Å². The standard InChI is InChI=1S/C16H21F3N4O4/c1-2-27-10-5-20-15(24)22-8-6-21(7-9-22)13-4-3-12(16(17,18)19)11-14(13)23(25)26/h3-4,11H,2,5-10H2,1H3,(H,20,24). The molecule has 1 aromatic carbocycles. The van der Waals surface area contributed by atoms with E-state index >= 15 is 0 Å². The summed E-state index contributed by atoms with van der Waals surface area (Å²) in [5, 5.41) is 13.9. The molecule has 1 aliphatic rings. The lowest BCUT2D eigenvalue weighted by molar-refractivity contribution is -0.384. The second-order valence-corrected chi connectivity index (χ2v) is 5.86. The number of nitrogens with one attached hydrogen (secondary N) is 1. The first-order valence-electron chi connectivity index (χ1n) is 8.45. The quantitative estimate of drug-likeness (QED) is 0.458. The molecule has 8 nitrogen and oxygen atoms in total. The molecule has 2 rings (SSSR count). The third-order valence-electron chi connectivity index (χ3n) is 4.13. The van der Waals surface area contributed by atoms with Crippen molar-refractivity contribution >= 4 is 17.4 Å². The van der Waals surface area contributed by atoms with Crippen molar-refractivity contribution in [3.8, 4) is 0 Å². The van der Waals surface area contributed by atoms with Gasteiger partial charge in [0.25, 0.3) is 5.69 Å². The van der Waals surface area contributed by atoms with Gasteiger partial charge >= 0.3 is 12.2 Å². The van der Waals surface area contributed by atoms with Crippen molar-refractivity contribution in [1.29, 1.82) is 0 Å². The van der Waals surface area contributed by atoms with Gasteiger partial charge in [-0.2, -0.15) is 13.2 Å². The van der Waals surface area contributed by atoms with Crippen LogP contribution in [0.1, 0.15) is 12.5 Å². The first kappa shape index (κ1) is 20.7. The molecule has 1 heterocycles. The van der Waals surface area contributed by atoms with E-state index in [1.54, 1.807) is 9.80 Å². The monoisotopic (exact) mass is 390 g/mol. The average Bonchev–Trinajstić information content (AvgIpc) is 2.64. The van der Waals surface area contributed by atoms with Crippen LogP contribution in [0.3, 0.4) is 0 Å². The van der Waals surface area contributed by atoms with Crippen molar-refractivity contribution in [3.63, 3.8) is 0 Å². The van der Waals surface area contributed by atoms with Gasteiger partial charge in [-0.05, 0) is 19.1 Å². The van der Waals surface area contributed by atoms with Crippen LogP contribution in [0.15, 0.2) is 18.2 Å². The number of nitrogens with zero attached hydrogens (tertiary/aromatic N) is 3. The van der Waals surface area contributed by atoms with Crippen LogP contribution in [-0.2, 0) is 10.9 Å². The number of alkyl halides is 3. The van der Waals surface area contributed by atoms with E-state index in [1.165, 1.54) is 0 Å². The van der Waals surface area contributed by atoms with Crippen LogP contribution in [0.5, 0.6) is 0 Å². The maximum atomic E-state index is 12.8. The number of hydrogen-bond acceptors (Lipinski definition) is 5. The first-order chi connectivity index (χ1) is 12.7. The number of anilines is 1. The Kier molecular flexibility index (Phi) is 6.83. The number of piperazine rings is 1. The molecule has 0 aromatic heterocycles. The number of benzene rings is 1. The molecule has 1 aromatic rings. The van der Waals surface area contributed by atoms with Crippen molar-refractivity contribution in [1.82, 2.24) is 10.2 Å². The van der Waals surface area contributed by atoms with Gasteiger partial charge in [0.05, 0.1) is 17.1 Å². The normalized spacial score (nSPS) is 15.0. The van der Waals surface area contributed by atoms with Crippen LogP contribution in [-0.4, -0.2) is 61.8 Å². The summed E-state index contributed by atoms with van der Waals surface area (Å²) in [5.74, 6) is 0. The van der Waals surface area contributed by atoms with E-state index in [0.717, 1.165) is 12.1 Å². The number of amides is 2. The Labute approximate surface area is 154 Å². The van der Waals surface area contributed by atoms with Crippen molar-refractivity contribution in [2.24, 2.45) is 0 Å². The fraction of sp³-hybridized carbons (Fsp3) is 0.562. The molecule has 27 heavy (non-hydrogen) atoms. The SMILES string of the molecule is CCOCCNC(=O)N1CCN(c2ccc(C(F)(F)F)cc2[N+](=O)[O-])CC1.